The molecule has 1 unspecified atom stereocenters. The van der Waals surface area contributed by atoms with Crippen molar-refractivity contribution >= 4 is 40.6 Å². The summed E-state index contributed by atoms with van der Waals surface area (Å²) in [7, 11) is 0. The fourth-order valence-electron chi connectivity index (χ4n) is 4.68. The maximum Gasteiger partial charge on any atom is 0.254 e. The van der Waals surface area contributed by atoms with Crippen LogP contribution in [0.1, 0.15) is 51.9 Å². The molecule has 3 heterocycles. The molecule has 204 valence electrons. The van der Waals surface area contributed by atoms with Crippen molar-refractivity contribution in [3.8, 4) is 0 Å². The lowest BCUT2D eigenvalue weighted by atomic mass is 9.94. The fraction of sp³-hybridized carbons (Fsp3) is 0.379. The molecule has 5 rings (SSSR count). The monoisotopic (exact) mass is 559 g/mol. The van der Waals surface area contributed by atoms with Crippen LogP contribution in [0.5, 0.6) is 0 Å². The molecule has 0 bridgehead atoms. The molecule has 2 aromatic carbocycles. The molecule has 1 aromatic heterocycles. The number of hydrogen-bond donors (Lipinski definition) is 1. The molecule has 1 N–H and O–H groups in total. The molecular weight excluding hydrogens is 524 g/mol. The van der Waals surface area contributed by atoms with Crippen LogP contribution in [0.25, 0.3) is 0 Å². The normalized spacial score (nSPS) is 16.5. The minimum Gasteiger partial charge on any atom is -0.368 e. The van der Waals surface area contributed by atoms with Gasteiger partial charge in [-0.15, -0.1) is 0 Å². The number of benzene rings is 2. The van der Waals surface area contributed by atoms with Crippen LogP contribution >= 0.6 is 23.2 Å². The Morgan fingerprint density at radius 1 is 0.974 bits per heavy atom. The molecule has 3 aromatic rings. The smallest absolute Gasteiger partial charge is 0.254 e. The molecule has 1 fully saturated rings. The zero-order chi connectivity index (χ0) is 28.0. The van der Waals surface area contributed by atoms with Crippen molar-refractivity contribution in [1.29, 1.82) is 0 Å². The van der Waals surface area contributed by atoms with Crippen LogP contribution in [0.3, 0.4) is 0 Å². The largest absolute Gasteiger partial charge is 0.368 e. The summed E-state index contributed by atoms with van der Waals surface area (Å²) in [6, 6.07) is 13.3. The molecule has 38 heavy (non-hydrogen) atoms. The average Bonchev–Trinajstić information content (AvgIpc) is 3.31. The molecule has 1 atom stereocenters. The molecule has 0 aliphatic carbocycles. The van der Waals surface area contributed by atoms with Gasteiger partial charge in [0.05, 0.1) is 21.3 Å². The first-order chi connectivity index (χ1) is 18.3. The van der Waals surface area contributed by atoms with Crippen molar-refractivity contribution in [2.45, 2.75) is 47.6 Å². The average molecular weight is 561 g/mol. The Bertz CT molecular complexity index is 1280. The summed E-state index contributed by atoms with van der Waals surface area (Å²) >= 11 is 13.0. The maximum absolute atomic E-state index is 13.9. The molecule has 2 aliphatic heterocycles. The Kier molecular flexibility index (Phi) is 10.2. The van der Waals surface area contributed by atoms with Crippen molar-refractivity contribution in [2.75, 3.05) is 36.4 Å². The highest BCUT2D eigenvalue weighted by molar-refractivity contribution is 6.42. The van der Waals surface area contributed by atoms with E-state index in [4.69, 9.17) is 23.2 Å². The summed E-state index contributed by atoms with van der Waals surface area (Å²) in [5.41, 5.74) is 3.87. The van der Waals surface area contributed by atoms with Crippen LogP contribution in [-0.4, -0.2) is 46.8 Å². The van der Waals surface area contributed by atoms with E-state index in [1.807, 2.05) is 69.3 Å². The van der Waals surface area contributed by atoms with Gasteiger partial charge in [-0.2, -0.15) is 5.10 Å². The zero-order valence-electron chi connectivity index (χ0n) is 22.9. The van der Waals surface area contributed by atoms with E-state index in [2.05, 4.69) is 15.3 Å². The molecule has 2 aliphatic rings. The molecule has 0 spiro atoms. The molecule has 0 saturated carbocycles. The summed E-state index contributed by atoms with van der Waals surface area (Å²) in [6.45, 7) is 14.2. The van der Waals surface area contributed by atoms with Crippen LogP contribution in [0.15, 0.2) is 59.8 Å². The van der Waals surface area contributed by atoms with Crippen LogP contribution in [0.2, 0.25) is 10.0 Å². The number of carbonyl (C=O) groups excluding carboxylic acids is 1. The van der Waals surface area contributed by atoms with Crippen molar-refractivity contribution in [3.05, 3.63) is 86.9 Å². The number of nitrogens with zero attached hydrogens (tertiary/aromatic N) is 4. The lowest BCUT2D eigenvalue weighted by Crippen LogP contribution is -2.50. The summed E-state index contributed by atoms with van der Waals surface area (Å²) in [6.07, 6.45) is 0. The highest BCUT2D eigenvalue weighted by Crippen LogP contribution is 2.41. The summed E-state index contributed by atoms with van der Waals surface area (Å²) in [5, 5.41) is 8.84. The number of nitrogens with one attached hydrogen (secondary N) is 1. The van der Waals surface area contributed by atoms with Gasteiger partial charge < -0.3 is 15.1 Å². The number of allylic oxidation sites excluding steroid dienone is 1. The van der Waals surface area contributed by atoms with Gasteiger partial charge >= 0.3 is 0 Å². The summed E-state index contributed by atoms with van der Waals surface area (Å²) < 4.78 is 15.1. The molecule has 0 radical (unpaired) electrons. The van der Waals surface area contributed by atoms with E-state index in [9.17, 15) is 9.18 Å². The van der Waals surface area contributed by atoms with Gasteiger partial charge in [-0.3, -0.25) is 4.79 Å². The first kappa shape index (κ1) is 29.5. The van der Waals surface area contributed by atoms with Gasteiger partial charge in [-0.25, -0.2) is 9.07 Å². The Morgan fingerprint density at radius 3 is 2.24 bits per heavy atom. The van der Waals surface area contributed by atoms with E-state index >= 15 is 0 Å². The fourth-order valence-corrected chi connectivity index (χ4v) is 5.09. The van der Waals surface area contributed by atoms with Crippen LogP contribution in [0.4, 0.5) is 15.9 Å². The number of aromatic nitrogens is 2. The molecule has 1 saturated heterocycles. The van der Waals surface area contributed by atoms with Gasteiger partial charge in [0.25, 0.3) is 5.91 Å². The Hall–Kier alpha value is -3.03. The predicted octanol–water partition coefficient (Wildman–Crippen LogP) is 7.33. The minimum absolute atomic E-state index is 0.0661. The van der Waals surface area contributed by atoms with Crippen molar-refractivity contribution in [3.63, 3.8) is 0 Å². The number of hydrogen-bond acceptors (Lipinski definition) is 4. The first-order valence-corrected chi connectivity index (χ1v) is 13.9. The quantitative estimate of drug-likeness (QED) is 0.365. The van der Waals surface area contributed by atoms with Gasteiger partial charge in [0.2, 0.25) is 0 Å². The maximum atomic E-state index is 13.9. The highest BCUT2D eigenvalue weighted by atomic mass is 35.5. The number of halogens is 3. The molecule has 1 amide bonds. The topological polar surface area (TPSA) is 53.4 Å². The van der Waals surface area contributed by atoms with E-state index in [0.717, 1.165) is 28.5 Å². The second-order valence-electron chi connectivity index (χ2n) is 8.58. The minimum atomic E-state index is -0.501. The Labute approximate surface area is 235 Å². The van der Waals surface area contributed by atoms with E-state index < -0.39 is 6.04 Å². The molecule has 6 nitrogen and oxygen atoms in total. The zero-order valence-corrected chi connectivity index (χ0v) is 24.4. The number of piperazine rings is 1. The predicted molar refractivity (Wildman–Crippen MR) is 156 cm³/mol. The lowest BCUT2D eigenvalue weighted by molar-refractivity contribution is -0.128. The van der Waals surface area contributed by atoms with Crippen LogP contribution in [0, 0.1) is 12.7 Å². The van der Waals surface area contributed by atoms with E-state index in [1.54, 1.807) is 18.2 Å². The third kappa shape index (κ3) is 6.00. The number of amides is 1. The number of aryl methyl sites for hydroxylation is 1. The van der Waals surface area contributed by atoms with Crippen molar-refractivity contribution in [1.82, 2.24) is 14.7 Å². The third-order valence-electron chi connectivity index (χ3n) is 6.36. The van der Waals surface area contributed by atoms with Crippen LogP contribution < -0.4 is 10.2 Å². The lowest BCUT2D eigenvalue weighted by Gasteiger charge is -2.38. The van der Waals surface area contributed by atoms with E-state index in [-0.39, 0.29) is 11.7 Å². The van der Waals surface area contributed by atoms with Crippen molar-refractivity contribution in [2.24, 2.45) is 0 Å². The highest BCUT2D eigenvalue weighted by Gasteiger charge is 2.37. The van der Waals surface area contributed by atoms with Gasteiger partial charge in [-0.05, 0) is 44.2 Å². The van der Waals surface area contributed by atoms with Crippen molar-refractivity contribution < 1.29 is 9.18 Å². The molecule has 9 heteroatoms. The van der Waals surface area contributed by atoms with E-state index in [0.29, 0.717) is 41.8 Å². The Balaban J connectivity index is 0.000000956. The van der Waals surface area contributed by atoms with E-state index in [1.165, 1.54) is 12.1 Å². The second-order valence-corrected chi connectivity index (χ2v) is 9.37. The summed E-state index contributed by atoms with van der Waals surface area (Å²) in [4.78, 5) is 17.9. The summed E-state index contributed by atoms with van der Waals surface area (Å²) in [5.74, 6) is 0.473. The Morgan fingerprint density at radius 2 is 1.61 bits per heavy atom. The van der Waals surface area contributed by atoms with Gasteiger partial charge in [0, 0.05) is 49.2 Å². The van der Waals surface area contributed by atoms with Gasteiger partial charge in [0.1, 0.15) is 17.7 Å². The second kappa shape index (κ2) is 13.2. The first-order valence-electron chi connectivity index (χ1n) is 13.1. The number of anilines is 2. The molecular formula is C29H36Cl2FN5O. The van der Waals surface area contributed by atoms with Gasteiger partial charge in [0.15, 0.2) is 0 Å². The SMILES string of the molecule is CC.CC.CC1=C(C(=O)N2CCN(c3ccc(F)cc3)CC2)C(c2cccc(Cl)c2Cl)n2nc(C)cc2N1. The number of carbonyl (C=O) groups is 1. The number of fused-ring (bicyclic) bond motifs is 1. The van der Waals surface area contributed by atoms with Gasteiger partial charge in [-0.1, -0.05) is 63.0 Å². The van der Waals surface area contributed by atoms with Crippen LogP contribution in [-0.2, 0) is 4.79 Å². The number of rotatable bonds is 3. The standard InChI is InChI=1S/C25H24Cl2FN5O.2C2H6/c1-15-14-21-29-16(2)22(24(33(21)30-15)19-4-3-5-20(26)23(19)27)25(34)32-12-10-31(11-13-32)18-8-6-17(28)7-9-18;2*1-2/h3-9,14,24,29H,10-13H2,1-2H3;2*1-2H3. The third-order valence-corrected chi connectivity index (χ3v) is 7.19.